The van der Waals surface area contributed by atoms with Crippen LogP contribution in [0, 0.1) is 11.8 Å². The molecule has 1 saturated heterocycles. The van der Waals surface area contributed by atoms with Crippen LogP contribution in [0.4, 0.5) is 5.69 Å². The van der Waals surface area contributed by atoms with Gasteiger partial charge in [0.2, 0.25) is 11.8 Å². The van der Waals surface area contributed by atoms with Gasteiger partial charge in [-0.05, 0) is 49.1 Å². The molecule has 0 spiro atoms. The van der Waals surface area contributed by atoms with Crippen molar-refractivity contribution in [1.82, 2.24) is 9.47 Å². The maximum absolute atomic E-state index is 13.4. The van der Waals surface area contributed by atoms with Gasteiger partial charge in [0.05, 0.1) is 6.04 Å². The van der Waals surface area contributed by atoms with Crippen molar-refractivity contribution in [3.8, 4) is 0 Å². The zero-order valence-corrected chi connectivity index (χ0v) is 18.7. The lowest BCUT2D eigenvalue weighted by Gasteiger charge is -2.30. The summed E-state index contributed by atoms with van der Waals surface area (Å²) in [5.41, 5.74) is 3.17. The van der Waals surface area contributed by atoms with Crippen LogP contribution in [0.25, 0.3) is 5.57 Å². The third kappa shape index (κ3) is 3.51. The summed E-state index contributed by atoms with van der Waals surface area (Å²) >= 11 is 0. The first-order valence-corrected chi connectivity index (χ1v) is 11.8. The molecule has 33 heavy (non-hydrogen) atoms. The van der Waals surface area contributed by atoms with Gasteiger partial charge in [0.15, 0.2) is 0 Å². The maximum Gasteiger partial charge on any atom is 0.258 e. The van der Waals surface area contributed by atoms with Crippen LogP contribution >= 0.6 is 0 Å². The number of hydrogen-bond donors (Lipinski definition) is 2. The molecule has 0 unspecified atom stereocenters. The van der Waals surface area contributed by atoms with E-state index >= 15 is 0 Å². The Kier molecular flexibility index (Phi) is 5.66. The van der Waals surface area contributed by atoms with E-state index < -0.39 is 18.0 Å². The van der Waals surface area contributed by atoms with Crippen LogP contribution in [0.2, 0.25) is 0 Å². The lowest BCUT2D eigenvalue weighted by atomic mass is 9.88. The number of anilines is 1. The van der Waals surface area contributed by atoms with Crippen molar-refractivity contribution < 1.29 is 14.7 Å². The fourth-order valence-electron chi connectivity index (χ4n) is 5.85. The number of aliphatic hydroxyl groups is 1. The summed E-state index contributed by atoms with van der Waals surface area (Å²) in [5.74, 6) is -1.11. The van der Waals surface area contributed by atoms with Gasteiger partial charge < -0.3 is 19.9 Å². The fraction of sp³-hybridized carbons (Fsp3) is 0.423. The maximum atomic E-state index is 13.4. The molecule has 3 aliphatic rings. The van der Waals surface area contributed by atoms with Crippen molar-refractivity contribution >= 4 is 23.1 Å². The highest BCUT2D eigenvalue weighted by molar-refractivity contribution is 5.98. The number of benzene rings is 1. The van der Waals surface area contributed by atoms with Crippen LogP contribution in [0.3, 0.4) is 0 Å². The number of aliphatic hydroxyl groups excluding tert-OH is 1. The molecule has 1 aromatic carbocycles. The standard InChI is InChI=1S/C26H29N3O4/c1-2-22(31)29-23-19(20(15-30)24(29)25(32)27-17-10-4-3-5-11-17)14-28-21(23)13-12-18(26(28)33)16-8-6-7-9-16/h3-5,8,10-13,19-20,23-24,30H,2,6-7,9,14-15H2,1H3,(H,27,32)/t19-,20-,23+,24-/m0/s1. The van der Waals surface area contributed by atoms with E-state index in [0.29, 0.717) is 12.2 Å². The predicted octanol–water partition coefficient (Wildman–Crippen LogP) is 2.95. The average molecular weight is 448 g/mol. The van der Waals surface area contributed by atoms with Crippen LogP contribution in [0.5, 0.6) is 0 Å². The molecule has 1 aliphatic carbocycles. The van der Waals surface area contributed by atoms with Crippen LogP contribution in [0.1, 0.15) is 49.9 Å². The quantitative estimate of drug-likeness (QED) is 0.737. The molecule has 2 N–H and O–H groups in total. The molecule has 172 valence electrons. The summed E-state index contributed by atoms with van der Waals surface area (Å²) in [5, 5.41) is 13.2. The summed E-state index contributed by atoms with van der Waals surface area (Å²) in [6, 6.07) is 11.7. The first kappa shape index (κ1) is 21.6. The number of rotatable bonds is 5. The van der Waals surface area contributed by atoms with E-state index in [1.807, 2.05) is 30.3 Å². The van der Waals surface area contributed by atoms with Crippen LogP contribution < -0.4 is 10.9 Å². The van der Waals surface area contributed by atoms with Crippen molar-refractivity contribution in [2.24, 2.45) is 11.8 Å². The Labute approximate surface area is 192 Å². The first-order valence-electron chi connectivity index (χ1n) is 11.8. The van der Waals surface area contributed by atoms with Crippen LogP contribution in [0.15, 0.2) is 53.3 Å². The minimum Gasteiger partial charge on any atom is -0.396 e. The number of nitrogens with one attached hydrogen (secondary N) is 1. The largest absolute Gasteiger partial charge is 0.396 e. The molecule has 1 fully saturated rings. The van der Waals surface area contributed by atoms with Crippen LogP contribution in [-0.2, 0) is 16.1 Å². The molecule has 0 radical (unpaired) electrons. The first-order chi connectivity index (χ1) is 16.0. The summed E-state index contributed by atoms with van der Waals surface area (Å²) < 4.78 is 1.76. The van der Waals surface area contributed by atoms with Crippen molar-refractivity contribution in [2.75, 3.05) is 11.9 Å². The lowest BCUT2D eigenvalue weighted by molar-refractivity contribution is -0.139. The van der Waals surface area contributed by atoms with Crippen molar-refractivity contribution in [1.29, 1.82) is 0 Å². The van der Waals surface area contributed by atoms with Gasteiger partial charge in [0.1, 0.15) is 6.04 Å². The van der Waals surface area contributed by atoms with E-state index in [1.54, 1.807) is 28.5 Å². The molecule has 0 saturated carbocycles. The summed E-state index contributed by atoms with van der Waals surface area (Å²) in [7, 11) is 0. The Balaban J connectivity index is 1.54. The van der Waals surface area contributed by atoms with Crippen molar-refractivity contribution in [2.45, 2.75) is 51.2 Å². The number of carbonyl (C=O) groups is 2. The lowest BCUT2D eigenvalue weighted by Crippen LogP contribution is -2.48. The Hall–Kier alpha value is -3.19. The number of nitrogens with zero attached hydrogens (tertiary/aromatic N) is 2. The Morgan fingerprint density at radius 1 is 1.15 bits per heavy atom. The van der Waals surface area contributed by atoms with Gasteiger partial charge in [-0.3, -0.25) is 14.4 Å². The molecule has 1 aromatic heterocycles. The second-order valence-corrected chi connectivity index (χ2v) is 9.12. The van der Waals surface area contributed by atoms with E-state index in [9.17, 15) is 19.5 Å². The predicted molar refractivity (Wildman–Crippen MR) is 125 cm³/mol. The minimum absolute atomic E-state index is 0.0408. The van der Waals surface area contributed by atoms with Crippen molar-refractivity contribution in [3.05, 3.63) is 70.2 Å². The van der Waals surface area contributed by atoms with E-state index in [4.69, 9.17) is 0 Å². The molecule has 0 bridgehead atoms. The highest BCUT2D eigenvalue weighted by Crippen LogP contribution is 2.49. The van der Waals surface area contributed by atoms with E-state index in [0.717, 1.165) is 36.1 Å². The number of allylic oxidation sites excluding steroid dienone is 2. The number of aromatic nitrogens is 1. The fourth-order valence-corrected chi connectivity index (χ4v) is 5.85. The SMILES string of the molecule is CCC(=O)N1[C@H](C(=O)Nc2ccccc2)[C@@H](CO)[C@@H]2Cn3c(ccc(C4=CCCC4)c3=O)[C@@H]21. The Bertz CT molecular complexity index is 1170. The van der Waals surface area contributed by atoms with Gasteiger partial charge in [0.25, 0.3) is 5.56 Å². The van der Waals surface area contributed by atoms with E-state index in [1.165, 1.54) is 0 Å². The van der Waals surface area contributed by atoms with Gasteiger partial charge in [-0.2, -0.15) is 0 Å². The molecule has 5 rings (SSSR count). The molecular weight excluding hydrogens is 418 g/mol. The van der Waals surface area contributed by atoms with E-state index in [-0.39, 0.29) is 36.3 Å². The molecule has 7 heteroatoms. The smallest absolute Gasteiger partial charge is 0.258 e. The van der Waals surface area contributed by atoms with Crippen LogP contribution in [-0.4, -0.2) is 39.0 Å². The highest BCUT2D eigenvalue weighted by Gasteiger charge is 2.57. The molecule has 2 aliphatic heterocycles. The average Bonchev–Trinajstić information content (AvgIpc) is 3.55. The second-order valence-electron chi connectivity index (χ2n) is 9.12. The summed E-state index contributed by atoms with van der Waals surface area (Å²) in [6.45, 7) is 1.93. The summed E-state index contributed by atoms with van der Waals surface area (Å²) in [6.07, 6.45) is 5.33. The van der Waals surface area contributed by atoms with E-state index in [2.05, 4.69) is 11.4 Å². The van der Waals surface area contributed by atoms with Crippen molar-refractivity contribution in [3.63, 3.8) is 0 Å². The van der Waals surface area contributed by atoms with Gasteiger partial charge in [-0.1, -0.05) is 31.2 Å². The zero-order valence-electron chi connectivity index (χ0n) is 18.7. The molecule has 3 heterocycles. The normalized spacial score (nSPS) is 25.5. The third-order valence-electron chi connectivity index (χ3n) is 7.36. The molecular formula is C26H29N3O4. The molecule has 2 aromatic rings. The van der Waals surface area contributed by atoms with Gasteiger partial charge in [0, 0.05) is 48.4 Å². The number of hydrogen-bond acceptors (Lipinski definition) is 4. The monoisotopic (exact) mass is 447 g/mol. The van der Waals surface area contributed by atoms with Gasteiger partial charge in [-0.25, -0.2) is 0 Å². The number of amides is 2. The second kappa shape index (κ2) is 8.63. The molecule has 7 nitrogen and oxygen atoms in total. The summed E-state index contributed by atoms with van der Waals surface area (Å²) in [4.78, 5) is 41.5. The Morgan fingerprint density at radius 3 is 2.61 bits per heavy atom. The topological polar surface area (TPSA) is 91.6 Å². The zero-order chi connectivity index (χ0) is 23.1. The number of likely N-dealkylation sites (tertiary alicyclic amines) is 1. The number of pyridine rings is 1. The number of fused-ring (bicyclic) bond motifs is 3. The molecule has 2 amide bonds. The number of carbonyl (C=O) groups excluding carboxylic acids is 2. The Morgan fingerprint density at radius 2 is 1.94 bits per heavy atom. The highest BCUT2D eigenvalue weighted by atomic mass is 16.3. The van der Waals surface area contributed by atoms with Gasteiger partial charge in [-0.15, -0.1) is 0 Å². The number of para-hydroxylation sites is 1. The third-order valence-corrected chi connectivity index (χ3v) is 7.36. The van der Waals surface area contributed by atoms with Gasteiger partial charge >= 0.3 is 0 Å². The molecule has 4 atom stereocenters. The minimum atomic E-state index is -0.793.